The van der Waals surface area contributed by atoms with Gasteiger partial charge in [-0.1, -0.05) is 18.2 Å². The molecule has 2 aromatic rings. The van der Waals surface area contributed by atoms with E-state index in [-0.39, 0.29) is 11.9 Å². The van der Waals surface area contributed by atoms with Gasteiger partial charge in [0.05, 0.1) is 18.1 Å². The number of rotatable bonds is 5. The largest absolute Gasteiger partial charge is 0.457 e. The van der Waals surface area contributed by atoms with Gasteiger partial charge in [-0.3, -0.25) is 4.79 Å². The van der Waals surface area contributed by atoms with E-state index in [4.69, 9.17) is 9.47 Å². The van der Waals surface area contributed by atoms with Crippen molar-refractivity contribution in [3.8, 4) is 11.5 Å². The van der Waals surface area contributed by atoms with Crippen molar-refractivity contribution >= 4 is 5.78 Å². The number of hydrogen-bond donors (Lipinski definition) is 1. The highest BCUT2D eigenvalue weighted by Crippen LogP contribution is 2.30. The maximum absolute atomic E-state index is 12.9. The summed E-state index contributed by atoms with van der Waals surface area (Å²) in [5.41, 5.74) is 0.101. The third-order valence-corrected chi connectivity index (χ3v) is 4.41. The molecule has 3 rings (SSSR count). The van der Waals surface area contributed by atoms with E-state index in [9.17, 15) is 4.79 Å². The first kappa shape index (κ1) is 16.7. The lowest BCUT2D eigenvalue weighted by molar-refractivity contribution is -0.0324. The molecule has 126 valence electrons. The Kier molecular flexibility index (Phi) is 4.97. The number of nitrogens with one attached hydrogen (secondary N) is 1. The van der Waals surface area contributed by atoms with E-state index in [2.05, 4.69) is 5.32 Å². The summed E-state index contributed by atoms with van der Waals surface area (Å²) < 4.78 is 11.5. The van der Waals surface area contributed by atoms with Crippen LogP contribution in [0, 0.1) is 5.41 Å². The van der Waals surface area contributed by atoms with Gasteiger partial charge < -0.3 is 14.8 Å². The first-order chi connectivity index (χ1) is 11.6. The fourth-order valence-corrected chi connectivity index (χ4v) is 2.85. The quantitative estimate of drug-likeness (QED) is 0.852. The van der Waals surface area contributed by atoms with Crippen molar-refractivity contribution in [2.75, 3.05) is 19.7 Å². The van der Waals surface area contributed by atoms with Gasteiger partial charge in [-0.05, 0) is 50.2 Å². The van der Waals surface area contributed by atoms with Crippen LogP contribution in [-0.4, -0.2) is 31.6 Å². The molecule has 24 heavy (non-hydrogen) atoms. The normalized spacial score (nSPS) is 18.2. The fraction of sp³-hybridized carbons (Fsp3) is 0.350. The summed E-state index contributed by atoms with van der Waals surface area (Å²) in [7, 11) is 0. The van der Waals surface area contributed by atoms with Gasteiger partial charge in [0.2, 0.25) is 0 Å². The summed E-state index contributed by atoms with van der Waals surface area (Å²) >= 11 is 0. The van der Waals surface area contributed by atoms with E-state index in [1.165, 1.54) is 0 Å². The molecule has 0 bridgehead atoms. The minimum absolute atomic E-state index is 0.0856. The van der Waals surface area contributed by atoms with Gasteiger partial charge in [0.25, 0.3) is 0 Å². The van der Waals surface area contributed by atoms with Crippen LogP contribution in [0.25, 0.3) is 0 Å². The maximum Gasteiger partial charge on any atom is 0.171 e. The second-order valence-corrected chi connectivity index (χ2v) is 6.55. The average molecular weight is 325 g/mol. The van der Waals surface area contributed by atoms with Gasteiger partial charge in [0, 0.05) is 18.7 Å². The Morgan fingerprint density at radius 1 is 1.08 bits per heavy atom. The monoisotopic (exact) mass is 325 g/mol. The molecule has 1 unspecified atom stereocenters. The molecule has 1 heterocycles. The van der Waals surface area contributed by atoms with E-state index in [1.807, 2.05) is 68.4 Å². The molecule has 0 saturated carbocycles. The van der Waals surface area contributed by atoms with E-state index in [1.54, 1.807) is 0 Å². The molecule has 1 aliphatic rings. The standard InChI is InChI=1S/C20H23NO3/c1-20(2,18-14-21-12-13-23-18)19(22)15-8-10-17(11-9-15)24-16-6-4-3-5-7-16/h3-11,18,21H,12-14H2,1-2H3. The summed E-state index contributed by atoms with van der Waals surface area (Å²) in [6.07, 6.45) is -0.112. The fourth-order valence-electron chi connectivity index (χ4n) is 2.85. The molecule has 1 fully saturated rings. The molecular formula is C20H23NO3. The Balaban J connectivity index is 1.71. The molecule has 0 radical (unpaired) electrons. The molecule has 0 spiro atoms. The zero-order valence-electron chi connectivity index (χ0n) is 14.1. The van der Waals surface area contributed by atoms with Crippen molar-refractivity contribution in [2.24, 2.45) is 5.41 Å². The second kappa shape index (κ2) is 7.16. The lowest BCUT2D eigenvalue weighted by Crippen LogP contribution is -2.49. The lowest BCUT2D eigenvalue weighted by atomic mass is 9.78. The number of carbonyl (C=O) groups excluding carboxylic acids is 1. The van der Waals surface area contributed by atoms with Crippen molar-refractivity contribution in [1.82, 2.24) is 5.32 Å². The Morgan fingerprint density at radius 2 is 1.75 bits per heavy atom. The molecule has 1 N–H and O–H groups in total. The molecule has 0 aromatic heterocycles. The number of ketones is 1. The molecule has 1 aliphatic heterocycles. The summed E-state index contributed by atoms with van der Waals surface area (Å²) in [6, 6.07) is 16.9. The zero-order chi connectivity index (χ0) is 17.0. The van der Waals surface area contributed by atoms with Gasteiger partial charge in [-0.25, -0.2) is 0 Å². The molecule has 4 nitrogen and oxygen atoms in total. The SMILES string of the molecule is CC(C)(C(=O)c1ccc(Oc2ccccc2)cc1)C1CNCCO1. The van der Waals surface area contributed by atoms with Crippen LogP contribution in [0.4, 0.5) is 0 Å². The van der Waals surface area contributed by atoms with Crippen LogP contribution in [0.15, 0.2) is 54.6 Å². The van der Waals surface area contributed by atoms with E-state index >= 15 is 0 Å². The van der Waals surface area contributed by atoms with Crippen LogP contribution in [0.2, 0.25) is 0 Å². The number of benzene rings is 2. The van der Waals surface area contributed by atoms with Crippen LogP contribution in [0.5, 0.6) is 11.5 Å². The highest BCUT2D eigenvalue weighted by Gasteiger charge is 2.38. The molecule has 1 atom stereocenters. The third-order valence-electron chi connectivity index (χ3n) is 4.41. The Hall–Kier alpha value is -2.17. The molecule has 0 amide bonds. The van der Waals surface area contributed by atoms with Gasteiger partial charge in [0.1, 0.15) is 11.5 Å². The van der Waals surface area contributed by atoms with Crippen molar-refractivity contribution < 1.29 is 14.3 Å². The van der Waals surface area contributed by atoms with Crippen molar-refractivity contribution in [1.29, 1.82) is 0 Å². The minimum atomic E-state index is -0.574. The van der Waals surface area contributed by atoms with Gasteiger partial charge in [-0.15, -0.1) is 0 Å². The molecule has 1 saturated heterocycles. The lowest BCUT2D eigenvalue weighted by Gasteiger charge is -2.36. The smallest absolute Gasteiger partial charge is 0.171 e. The Morgan fingerprint density at radius 3 is 2.38 bits per heavy atom. The number of ether oxygens (including phenoxy) is 2. The van der Waals surface area contributed by atoms with E-state index < -0.39 is 5.41 Å². The number of hydrogen-bond acceptors (Lipinski definition) is 4. The van der Waals surface area contributed by atoms with Crippen molar-refractivity contribution in [2.45, 2.75) is 20.0 Å². The van der Waals surface area contributed by atoms with Gasteiger partial charge in [-0.2, -0.15) is 0 Å². The average Bonchev–Trinajstić information content (AvgIpc) is 2.63. The highest BCUT2D eigenvalue weighted by molar-refractivity contribution is 6.00. The summed E-state index contributed by atoms with van der Waals surface area (Å²) in [4.78, 5) is 12.9. The molecule has 0 aliphatic carbocycles. The van der Waals surface area contributed by atoms with Gasteiger partial charge in [0.15, 0.2) is 5.78 Å². The number of Topliss-reactive ketones (excluding diaryl/α,β-unsaturated/α-hetero) is 1. The Labute approximate surface area is 142 Å². The summed E-state index contributed by atoms with van der Waals surface area (Å²) in [6.45, 7) is 6.08. The number of morpholine rings is 1. The maximum atomic E-state index is 12.9. The predicted molar refractivity (Wildman–Crippen MR) is 93.7 cm³/mol. The second-order valence-electron chi connectivity index (χ2n) is 6.55. The van der Waals surface area contributed by atoms with Crippen molar-refractivity contribution in [3.63, 3.8) is 0 Å². The van der Waals surface area contributed by atoms with Crippen LogP contribution >= 0.6 is 0 Å². The molecular weight excluding hydrogens is 302 g/mol. The first-order valence-electron chi connectivity index (χ1n) is 8.27. The zero-order valence-corrected chi connectivity index (χ0v) is 14.1. The number of para-hydroxylation sites is 1. The summed E-state index contributed by atoms with van der Waals surface area (Å²) in [5.74, 6) is 1.58. The first-order valence-corrected chi connectivity index (χ1v) is 8.27. The topological polar surface area (TPSA) is 47.6 Å². The minimum Gasteiger partial charge on any atom is -0.457 e. The summed E-state index contributed by atoms with van der Waals surface area (Å²) in [5, 5.41) is 3.29. The Bertz CT molecular complexity index is 674. The van der Waals surface area contributed by atoms with E-state index in [0.29, 0.717) is 24.5 Å². The molecule has 2 aromatic carbocycles. The van der Waals surface area contributed by atoms with Crippen molar-refractivity contribution in [3.05, 3.63) is 60.2 Å². The van der Waals surface area contributed by atoms with Gasteiger partial charge >= 0.3 is 0 Å². The highest BCUT2D eigenvalue weighted by atomic mass is 16.5. The third kappa shape index (κ3) is 3.66. The van der Waals surface area contributed by atoms with Crippen LogP contribution < -0.4 is 10.1 Å². The van der Waals surface area contributed by atoms with E-state index in [0.717, 1.165) is 12.3 Å². The van der Waals surface area contributed by atoms with Crippen LogP contribution in [-0.2, 0) is 4.74 Å². The van der Waals surface area contributed by atoms with Crippen LogP contribution in [0.1, 0.15) is 24.2 Å². The number of carbonyl (C=O) groups is 1. The van der Waals surface area contributed by atoms with Crippen LogP contribution in [0.3, 0.4) is 0 Å². The predicted octanol–water partition coefficient (Wildman–Crippen LogP) is 3.68. The molecule has 4 heteroatoms.